The predicted octanol–water partition coefficient (Wildman–Crippen LogP) is 6.05. The molecule has 1 aromatic heterocycles. The number of benzene rings is 3. The summed E-state index contributed by atoms with van der Waals surface area (Å²) in [7, 11) is 0. The Labute approximate surface area is 190 Å². The zero-order chi connectivity index (χ0) is 22.8. The van der Waals surface area contributed by atoms with E-state index in [1.165, 1.54) is 6.07 Å². The quantitative estimate of drug-likeness (QED) is 0.349. The number of phenolic OH excluding ortho intramolecular Hbond substituents is 1. The normalized spacial score (nSPS) is 11.0. The van der Waals surface area contributed by atoms with Crippen molar-refractivity contribution in [1.82, 2.24) is 4.98 Å². The maximum Gasteiger partial charge on any atom is 0.262 e. The molecule has 0 aliphatic rings. The van der Waals surface area contributed by atoms with Gasteiger partial charge in [-0.25, -0.2) is 4.98 Å². The van der Waals surface area contributed by atoms with E-state index in [-0.39, 0.29) is 24.2 Å². The largest absolute Gasteiger partial charge is 0.507 e. The van der Waals surface area contributed by atoms with Gasteiger partial charge in [-0.1, -0.05) is 24.6 Å². The molecule has 0 aliphatic carbocycles. The summed E-state index contributed by atoms with van der Waals surface area (Å²) in [6, 6.07) is 14.1. The number of aromatic hydroxyl groups is 1. The van der Waals surface area contributed by atoms with Crippen LogP contribution >= 0.6 is 11.6 Å². The Morgan fingerprint density at radius 1 is 1.12 bits per heavy atom. The molecule has 7 heteroatoms. The number of nitrogens with one attached hydrogen (secondary N) is 1. The van der Waals surface area contributed by atoms with Crippen molar-refractivity contribution in [2.75, 3.05) is 11.9 Å². The van der Waals surface area contributed by atoms with E-state index in [1.54, 1.807) is 24.3 Å². The average Bonchev–Trinajstić information content (AvgIpc) is 3.20. The summed E-state index contributed by atoms with van der Waals surface area (Å²) in [6.07, 6.45) is 0.891. The molecule has 32 heavy (non-hydrogen) atoms. The fourth-order valence-corrected chi connectivity index (χ4v) is 3.54. The molecule has 1 amide bonds. The Balaban J connectivity index is 1.49. The van der Waals surface area contributed by atoms with E-state index >= 15 is 0 Å². The second-order valence-electron chi connectivity index (χ2n) is 7.61. The van der Waals surface area contributed by atoms with E-state index < -0.39 is 0 Å². The van der Waals surface area contributed by atoms with Gasteiger partial charge >= 0.3 is 0 Å². The third-order valence-electron chi connectivity index (χ3n) is 5.15. The molecule has 0 fully saturated rings. The Bertz CT molecular complexity index is 1290. The van der Waals surface area contributed by atoms with Crippen LogP contribution in [0, 0.1) is 13.8 Å². The Hall–Kier alpha value is -3.51. The number of fused-ring (bicyclic) bond motifs is 1. The lowest BCUT2D eigenvalue weighted by atomic mass is 10.1. The number of halogens is 1. The number of anilines is 1. The number of nitrogens with zero attached hydrogens (tertiary/aromatic N) is 1. The molecular formula is C25H23ClN2O4. The molecule has 164 valence electrons. The second-order valence-corrected chi connectivity index (χ2v) is 7.99. The average molecular weight is 451 g/mol. The van der Waals surface area contributed by atoms with Crippen LogP contribution in [0.3, 0.4) is 0 Å². The number of phenols is 1. The van der Waals surface area contributed by atoms with E-state index in [2.05, 4.69) is 17.2 Å². The van der Waals surface area contributed by atoms with Crippen LogP contribution in [0.2, 0.25) is 5.02 Å². The van der Waals surface area contributed by atoms with E-state index in [0.717, 1.165) is 28.6 Å². The van der Waals surface area contributed by atoms with Gasteiger partial charge in [0.05, 0.1) is 5.56 Å². The number of hydrogen-bond acceptors (Lipinski definition) is 5. The monoisotopic (exact) mass is 450 g/mol. The molecule has 0 spiro atoms. The highest BCUT2D eigenvalue weighted by Crippen LogP contribution is 2.33. The number of aromatic nitrogens is 1. The van der Waals surface area contributed by atoms with E-state index in [1.807, 2.05) is 32.0 Å². The Morgan fingerprint density at radius 2 is 1.88 bits per heavy atom. The molecule has 0 atom stereocenters. The third kappa shape index (κ3) is 4.55. The predicted molar refractivity (Wildman–Crippen MR) is 126 cm³/mol. The highest BCUT2D eigenvalue weighted by Gasteiger charge is 2.15. The van der Waals surface area contributed by atoms with Crippen molar-refractivity contribution in [2.24, 2.45) is 0 Å². The Morgan fingerprint density at radius 3 is 2.59 bits per heavy atom. The fraction of sp³-hybridized carbons (Fsp3) is 0.200. The molecule has 4 aromatic rings. The van der Waals surface area contributed by atoms with Gasteiger partial charge in [0, 0.05) is 10.7 Å². The zero-order valence-corrected chi connectivity index (χ0v) is 18.8. The number of ether oxygens (including phenoxy) is 1. The maximum atomic E-state index is 12.4. The smallest absolute Gasteiger partial charge is 0.262 e. The number of carbonyl (C=O) groups excluding carboxylic acids is 1. The van der Waals surface area contributed by atoms with Gasteiger partial charge < -0.3 is 19.6 Å². The van der Waals surface area contributed by atoms with Crippen LogP contribution in [0.4, 0.5) is 5.69 Å². The Kier molecular flexibility index (Phi) is 6.06. The van der Waals surface area contributed by atoms with E-state index in [9.17, 15) is 9.90 Å². The second kappa shape index (κ2) is 8.93. The summed E-state index contributed by atoms with van der Waals surface area (Å²) >= 11 is 6.17. The van der Waals surface area contributed by atoms with Crippen molar-refractivity contribution >= 4 is 34.3 Å². The lowest BCUT2D eigenvalue weighted by molar-refractivity contribution is -0.118. The van der Waals surface area contributed by atoms with Crippen LogP contribution in [0.25, 0.3) is 22.6 Å². The fourth-order valence-electron chi connectivity index (χ4n) is 3.43. The molecule has 0 radical (unpaired) electrons. The molecule has 0 bridgehead atoms. The number of amides is 1. The topological polar surface area (TPSA) is 84.6 Å². The first-order valence-electron chi connectivity index (χ1n) is 10.3. The van der Waals surface area contributed by atoms with E-state index in [4.69, 9.17) is 20.8 Å². The van der Waals surface area contributed by atoms with Gasteiger partial charge in [-0.15, -0.1) is 0 Å². The van der Waals surface area contributed by atoms with Gasteiger partial charge in [-0.2, -0.15) is 0 Å². The molecular weight excluding hydrogens is 428 g/mol. The summed E-state index contributed by atoms with van der Waals surface area (Å²) in [6.45, 7) is 5.67. The third-order valence-corrected chi connectivity index (χ3v) is 5.75. The molecule has 1 heterocycles. The van der Waals surface area contributed by atoms with Gasteiger partial charge in [0.15, 0.2) is 12.2 Å². The number of carbonyl (C=O) groups is 1. The van der Waals surface area contributed by atoms with Gasteiger partial charge in [0.2, 0.25) is 5.89 Å². The van der Waals surface area contributed by atoms with Crippen LogP contribution < -0.4 is 10.1 Å². The molecule has 0 saturated carbocycles. The van der Waals surface area contributed by atoms with Gasteiger partial charge in [0.25, 0.3) is 5.91 Å². The minimum Gasteiger partial charge on any atom is -0.507 e. The first-order valence-corrected chi connectivity index (χ1v) is 10.6. The van der Waals surface area contributed by atoms with Crippen LogP contribution in [0.5, 0.6) is 11.5 Å². The highest BCUT2D eigenvalue weighted by molar-refractivity contribution is 6.32. The number of aryl methyl sites for hydroxylation is 3. The minimum atomic E-state index is -0.336. The van der Waals surface area contributed by atoms with Crippen molar-refractivity contribution in [3.05, 3.63) is 70.2 Å². The van der Waals surface area contributed by atoms with Crippen molar-refractivity contribution in [2.45, 2.75) is 27.2 Å². The molecule has 0 aliphatic heterocycles. The number of hydrogen-bond donors (Lipinski definition) is 2. The van der Waals surface area contributed by atoms with Crippen molar-refractivity contribution in [3.63, 3.8) is 0 Å². The maximum absolute atomic E-state index is 12.4. The first kappa shape index (κ1) is 21.7. The molecule has 4 rings (SSSR count). The lowest BCUT2D eigenvalue weighted by Gasteiger charge is -2.11. The standard InChI is InChI=1S/C25H23ClN2O4/c1-4-16-5-8-22-20(11-16)28-25(32-22)19-12-17(6-7-21(19)29)27-23(30)13-31-18-9-14(2)24(26)15(3)10-18/h5-12,29H,4,13H2,1-3H3,(H,27,30). The molecule has 2 N–H and O–H groups in total. The van der Waals surface area contributed by atoms with Gasteiger partial charge in [-0.3, -0.25) is 4.79 Å². The molecule has 0 unspecified atom stereocenters. The molecule has 6 nitrogen and oxygen atoms in total. The van der Waals surface area contributed by atoms with Crippen LogP contribution in [0.15, 0.2) is 52.9 Å². The summed E-state index contributed by atoms with van der Waals surface area (Å²) in [5.41, 5.74) is 5.15. The minimum absolute atomic E-state index is 0.00800. The SMILES string of the molecule is CCc1ccc2oc(-c3cc(NC(=O)COc4cc(C)c(Cl)c(C)c4)ccc3O)nc2c1. The van der Waals surface area contributed by atoms with Crippen molar-refractivity contribution in [1.29, 1.82) is 0 Å². The summed E-state index contributed by atoms with van der Waals surface area (Å²) in [5.74, 6) is 0.528. The van der Waals surface area contributed by atoms with Crippen LogP contribution in [0.1, 0.15) is 23.6 Å². The van der Waals surface area contributed by atoms with Gasteiger partial charge in [0.1, 0.15) is 17.0 Å². The van der Waals surface area contributed by atoms with Crippen LogP contribution in [-0.2, 0) is 11.2 Å². The van der Waals surface area contributed by atoms with Crippen molar-refractivity contribution in [3.8, 4) is 23.0 Å². The van der Waals surface area contributed by atoms with Crippen LogP contribution in [-0.4, -0.2) is 22.6 Å². The lowest BCUT2D eigenvalue weighted by Crippen LogP contribution is -2.20. The molecule has 3 aromatic carbocycles. The zero-order valence-electron chi connectivity index (χ0n) is 18.0. The summed E-state index contributed by atoms with van der Waals surface area (Å²) in [4.78, 5) is 16.9. The molecule has 0 saturated heterocycles. The van der Waals surface area contributed by atoms with E-state index in [0.29, 0.717) is 27.6 Å². The highest BCUT2D eigenvalue weighted by atomic mass is 35.5. The number of oxazole rings is 1. The number of rotatable bonds is 6. The first-order chi connectivity index (χ1) is 15.3. The van der Waals surface area contributed by atoms with Crippen molar-refractivity contribution < 1.29 is 19.1 Å². The van der Waals surface area contributed by atoms with Gasteiger partial charge in [-0.05, 0) is 79.4 Å². The summed E-state index contributed by atoms with van der Waals surface area (Å²) < 4.78 is 11.4. The summed E-state index contributed by atoms with van der Waals surface area (Å²) in [5, 5.41) is 13.8.